The van der Waals surface area contributed by atoms with E-state index in [9.17, 15) is 19.7 Å². The van der Waals surface area contributed by atoms with Crippen LogP contribution in [0.4, 0.5) is 10.6 Å². The van der Waals surface area contributed by atoms with Crippen molar-refractivity contribution in [3.63, 3.8) is 0 Å². The van der Waals surface area contributed by atoms with E-state index >= 15 is 0 Å². The summed E-state index contributed by atoms with van der Waals surface area (Å²) >= 11 is 0. The highest BCUT2D eigenvalue weighted by Gasteiger charge is 2.51. The SMILES string of the molecule is O=C(COc1cccnc1[N+](=O)[O-])NC(=O)NC12CC3CC(CC(C3)C1)C2. The van der Waals surface area contributed by atoms with Gasteiger partial charge >= 0.3 is 11.8 Å². The molecule has 4 bridgehead atoms. The van der Waals surface area contributed by atoms with Crippen LogP contribution in [0.5, 0.6) is 5.75 Å². The van der Waals surface area contributed by atoms with Crippen LogP contribution >= 0.6 is 0 Å². The van der Waals surface area contributed by atoms with Crippen LogP contribution in [-0.4, -0.2) is 34.0 Å². The molecule has 0 atom stereocenters. The summed E-state index contributed by atoms with van der Waals surface area (Å²) < 4.78 is 5.16. The predicted octanol–water partition coefficient (Wildman–Crippen LogP) is 2.16. The Hall–Kier alpha value is -2.71. The minimum Gasteiger partial charge on any atom is -0.476 e. The lowest BCUT2D eigenvalue weighted by atomic mass is 9.53. The van der Waals surface area contributed by atoms with Crippen LogP contribution in [0.15, 0.2) is 18.3 Å². The molecule has 0 radical (unpaired) electrons. The normalized spacial score (nSPS) is 30.6. The maximum Gasteiger partial charge on any atom is 0.406 e. The van der Waals surface area contributed by atoms with E-state index in [1.807, 2.05) is 0 Å². The first-order valence-electron chi connectivity index (χ1n) is 9.27. The molecule has 4 saturated carbocycles. The summed E-state index contributed by atoms with van der Waals surface area (Å²) in [6.07, 6.45) is 8.01. The van der Waals surface area contributed by atoms with Gasteiger partial charge in [-0.05, 0) is 78.3 Å². The molecule has 4 fully saturated rings. The third-order valence-corrected chi connectivity index (χ3v) is 5.95. The van der Waals surface area contributed by atoms with Gasteiger partial charge in [-0.1, -0.05) is 0 Å². The minimum atomic E-state index is -0.688. The Morgan fingerprint density at radius 2 is 1.85 bits per heavy atom. The molecule has 27 heavy (non-hydrogen) atoms. The lowest BCUT2D eigenvalue weighted by molar-refractivity contribution is -0.390. The predicted molar refractivity (Wildman–Crippen MR) is 94.0 cm³/mol. The number of rotatable bonds is 5. The number of carbonyl (C=O) groups is 2. The van der Waals surface area contributed by atoms with Crippen LogP contribution in [0.2, 0.25) is 0 Å². The lowest BCUT2D eigenvalue weighted by Crippen LogP contribution is -2.62. The number of urea groups is 1. The molecule has 0 saturated heterocycles. The summed E-state index contributed by atoms with van der Waals surface area (Å²) in [5, 5.41) is 16.2. The van der Waals surface area contributed by atoms with E-state index in [1.165, 1.54) is 37.6 Å². The number of nitrogens with zero attached hydrogens (tertiary/aromatic N) is 2. The first kappa shape index (κ1) is 17.7. The number of hydrogen-bond donors (Lipinski definition) is 2. The van der Waals surface area contributed by atoms with Gasteiger partial charge in [0, 0.05) is 5.54 Å². The molecule has 0 unspecified atom stereocenters. The van der Waals surface area contributed by atoms with Gasteiger partial charge in [-0.15, -0.1) is 0 Å². The number of pyridine rings is 1. The van der Waals surface area contributed by atoms with Gasteiger partial charge in [0.2, 0.25) is 5.75 Å². The highest BCUT2D eigenvalue weighted by atomic mass is 16.6. The molecular weight excluding hydrogens is 352 g/mol. The van der Waals surface area contributed by atoms with Crippen molar-refractivity contribution in [2.75, 3.05) is 6.61 Å². The second-order valence-corrected chi connectivity index (χ2v) is 8.07. The summed E-state index contributed by atoms with van der Waals surface area (Å²) in [4.78, 5) is 38.1. The fraction of sp³-hybridized carbons (Fsp3) is 0.611. The van der Waals surface area contributed by atoms with Gasteiger partial charge in [0.15, 0.2) is 6.61 Å². The number of amides is 3. The van der Waals surface area contributed by atoms with E-state index in [2.05, 4.69) is 15.6 Å². The molecule has 0 aliphatic heterocycles. The van der Waals surface area contributed by atoms with Crippen molar-refractivity contribution in [1.29, 1.82) is 0 Å². The lowest BCUT2D eigenvalue weighted by Gasteiger charge is -2.56. The first-order chi connectivity index (χ1) is 12.9. The summed E-state index contributed by atoms with van der Waals surface area (Å²) in [5.74, 6) is 0.808. The fourth-order valence-electron chi connectivity index (χ4n) is 5.47. The number of nitrogens with one attached hydrogen (secondary N) is 2. The van der Waals surface area contributed by atoms with Crippen LogP contribution < -0.4 is 15.4 Å². The largest absolute Gasteiger partial charge is 0.476 e. The Kier molecular flexibility index (Phi) is 4.45. The second kappa shape index (κ2) is 6.79. The van der Waals surface area contributed by atoms with Gasteiger partial charge in [-0.2, -0.15) is 0 Å². The molecule has 4 aliphatic rings. The first-order valence-corrected chi connectivity index (χ1v) is 9.27. The molecule has 1 aromatic heterocycles. The van der Waals surface area contributed by atoms with Crippen LogP contribution in [-0.2, 0) is 4.79 Å². The molecule has 1 heterocycles. The molecule has 3 amide bonds. The van der Waals surface area contributed by atoms with Gasteiger partial charge in [-0.25, -0.2) is 4.79 Å². The van der Waals surface area contributed by atoms with Crippen molar-refractivity contribution in [2.45, 2.75) is 44.1 Å². The average molecular weight is 374 g/mol. The average Bonchev–Trinajstić information content (AvgIpc) is 2.58. The van der Waals surface area contributed by atoms with Crippen molar-refractivity contribution in [3.8, 4) is 5.75 Å². The molecule has 9 nitrogen and oxygen atoms in total. The van der Waals surface area contributed by atoms with E-state index in [0.717, 1.165) is 19.3 Å². The van der Waals surface area contributed by atoms with Crippen molar-refractivity contribution < 1.29 is 19.2 Å². The number of aromatic nitrogens is 1. The zero-order valence-corrected chi connectivity index (χ0v) is 14.8. The Morgan fingerprint density at radius 1 is 1.22 bits per heavy atom. The van der Waals surface area contributed by atoms with E-state index in [-0.39, 0.29) is 11.3 Å². The topological polar surface area (TPSA) is 123 Å². The van der Waals surface area contributed by atoms with E-state index in [4.69, 9.17) is 4.74 Å². The zero-order chi connectivity index (χ0) is 19.0. The van der Waals surface area contributed by atoms with Crippen LogP contribution in [0.3, 0.4) is 0 Å². The number of nitro groups is 1. The third kappa shape index (κ3) is 3.72. The molecule has 4 aliphatic carbocycles. The van der Waals surface area contributed by atoms with Crippen molar-refractivity contribution in [3.05, 3.63) is 28.4 Å². The smallest absolute Gasteiger partial charge is 0.406 e. The van der Waals surface area contributed by atoms with Gasteiger partial charge in [0.25, 0.3) is 5.91 Å². The maximum absolute atomic E-state index is 12.3. The van der Waals surface area contributed by atoms with E-state index < -0.39 is 29.3 Å². The molecule has 0 aromatic carbocycles. The van der Waals surface area contributed by atoms with Crippen molar-refractivity contribution in [2.24, 2.45) is 17.8 Å². The quantitative estimate of drug-likeness (QED) is 0.601. The zero-order valence-electron chi connectivity index (χ0n) is 14.8. The monoisotopic (exact) mass is 374 g/mol. The number of hydrogen-bond acceptors (Lipinski definition) is 6. The van der Waals surface area contributed by atoms with Gasteiger partial charge < -0.3 is 20.2 Å². The van der Waals surface area contributed by atoms with Crippen LogP contribution in [0.1, 0.15) is 38.5 Å². The van der Waals surface area contributed by atoms with Gasteiger partial charge in [0.1, 0.15) is 6.20 Å². The number of imide groups is 1. The highest BCUT2D eigenvalue weighted by Crippen LogP contribution is 2.55. The fourth-order valence-corrected chi connectivity index (χ4v) is 5.47. The second-order valence-electron chi connectivity index (χ2n) is 8.07. The Morgan fingerprint density at radius 3 is 2.44 bits per heavy atom. The van der Waals surface area contributed by atoms with Crippen LogP contribution in [0.25, 0.3) is 0 Å². The third-order valence-electron chi connectivity index (χ3n) is 5.95. The minimum absolute atomic E-state index is 0.112. The molecule has 0 spiro atoms. The standard InChI is InChI=1S/C18H22N4O5/c23-15(10-27-14-2-1-3-19-16(14)22(25)26)20-17(24)21-18-7-11-4-12(8-18)6-13(5-11)9-18/h1-3,11-13H,4-10H2,(H2,20,21,23,24). The summed E-state index contributed by atoms with van der Waals surface area (Å²) in [5.41, 5.74) is -0.192. The molecule has 144 valence electrons. The molecule has 1 aromatic rings. The summed E-state index contributed by atoms with van der Waals surface area (Å²) in [6, 6.07) is 2.31. The van der Waals surface area contributed by atoms with Gasteiger partial charge in [0.05, 0.1) is 0 Å². The Bertz CT molecular complexity index is 745. The summed E-state index contributed by atoms with van der Waals surface area (Å²) in [6.45, 7) is -0.499. The Balaban J connectivity index is 1.30. The maximum atomic E-state index is 12.3. The molecule has 5 rings (SSSR count). The number of carbonyl (C=O) groups excluding carboxylic acids is 2. The highest BCUT2D eigenvalue weighted by molar-refractivity contribution is 5.95. The van der Waals surface area contributed by atoms with Gasteiger partial charge in [-0.3, -0.25) is 10.1 Å². The summed E-state index contributed by atoms with van der Waals surface area (Å²) in [7, 11) is 0. The van der Waals surface area contributed by atoms with Crippen molar-refractivity contribution >= 4 is 17.8 Å². The molecular formula is C18H22N4O5. The molecule has 2 N–H and O–H groups in total. The Labute approximate surface area is 156 Å². The van der Waals surface area contributed by atoms with Crippen molar-refractivity contribution in [1.82, 2.24) is 15.6 Å². The van der Waals surface area contributed by atoms with Crippen LogP contribution in [0, 0.1) is 27.9 Å². The van der Waals surface area contributed by atoms with E-state index in [0.29, 0.717) is 17.8 Å². The van der Waals surface area contributed by atoms with E-state index in [1.54, 1.807) is 0 Å². The molecule has 9 heteroatoms. The number of ether oxygens (including phenoxy) is 1.